The van der Waals surface area contributed by atoms with Crippen molar-refractivity contribution in [2.24, 2.45) is 0 Å². The third kappa shape index (κ3) is 2.77. The second-order valence-electron chi connectivity index (χ2n) is 5.44. The number of halogens is 1. The number of nitrogens with zero attached hydrogens (tertiary/aromatic N) is 2. The summed E-state index contributed by atoms with van der Waals surface area (Å²) in [5.74, 6) is 0. The third-order valence-corrected chi connectivity index (χ3v) is 5.00. The summed E-state index contributed by atoms with van der Waals surface area (Å²) < 4.78 is 7.95. The van der Waals surface area contributed by atoms with Crippen LogP contribution in [0, 0.1) is 0 Å². The Hall–Kier alpha value is -1.40. The van der Waals surface area contributed by atoms with Crippen molar-refractivity contribution in [2.45, 2.75) is 25.1 Å². The summed E-state index contributed by atoms with van der Waals surface area (Å²) in [7, 11) is 0. The number of nitrogens with one attached hydrogen (secondary N) is 1. The molecule has 1 fully saturated rings. The first-order valence-corrected chi connectivity index (χ1v) is 8.57. The summed E-state index contributed by atoms with van der Waals surface area (Å²) in [6, 6.07) is 8.22. The van der Waals surface area contributed by atoms with Gasteiger partial charge in [0.05, 0.1) is 11.8 Å². The van der Waals surface area contributed by atoms with E-state index in [0.717, 1.165) is 35.2 Å². The van der Waals surface area contributed by atoms with Gasteiger partial charge in [-0.15, -0.1) is 11.3 Å². The van der Waals surface area contributed by atoms with Crippen molar-refractivity contribution < 1.29 is 4.74 Å². The number of hydrogen-bond acceptors (Lipinski definition) is 4. The molecular formula is C16H16ClN3OS. The fraction of sp³-hybridized carbons (Fsp3) is 0.312. The van der Waals surface area contributed by atoms with Crippen LogP contribution < -0.4 is 5.32 Å². The van der Waals surface area contributed by atoms with Crippen molar-refractivity contribution in [1.29, 1.82) is 0 Å². The molecule has 4 nitrogen and oxygen atoms in total. The minimum Gasteiger partial charge on any atom is -0.372 e. The molecule has 3 aromatic rings. The average Bonchev–Trinajstić information content (AvgIpc) is 3.21. The number of hydrogen-bond donors (Lipinski definition) is 1. The van der Waals surface area contributed by atoms with Crippen molar-refractivity contribution in [3.8, 4) is 0 Å². The zero-order valence-corrected chi connectivity index (χ0v) is 13.5. The van der Waals surface area contributed by atoms with Gasteiger partial charge in [-0.25, -0.2) is 4.98 Å². The Labute approximate surface area is 137 Å². The van der Waals surface area contributed by atoms with Gasteiger partial charge in [-0.05, 0) is 24.1 Å². The normalized spacial score (nSPS) is 21.7. The molecule has 1 aliphatic heterocycles. The molecule has 2 aromatic heterocycles. The number of thiazole rings is 1. The van der Waals surface area contributed by atoms with Crippen molar-refractivity contribution in [3.05, 3.63) is 58.3 Å². The maximum absolute atomic E-state index is 5.96. The number of ether oxygens (including phenoxy) is 1. The lowest BCUT2D eigenvalue weighted by atomic mass is 10.0. The summed E-state index contributed by atoms with van der Waals surface area (Å²) in [5, 5.41) is 6.38. The molecule has 3 heterocycles. The van der Waals surface area contributed by atoms with Crippen LogP contribution in [0.1, 0.15) is 23.8 Å². The molecule has 1 N–H and O–H groups in total. The molecule has 0 spiro atoms. The van der Waals surface area contributed by atoms with E-state index in [1.165, 1.54) is 5.56 Å². The molecule has 0 aliphatic carbocycles. The summed E-state index contributed by atoms with van der Waals surface area (Å²) >= 11 is 7.61. The van der Waals surface area contributed by atoms with E-state index in [2.05, 4.69) is 20.9 Å². The Morgan fingerprint density at radius 3 is 3.05 bits per heavy atom. The summed E-state index contributed by atoms with van der Waals surface area (Å²) in [4.78, 5) is 5.64. The fourth-order valence-corrected chi connectivity index (χ4v) is 3.72. The summed E-state index contributed by atoms with van der Waals surface area (Å²) in [5.41, 5.74) is 2.24. The topological polar surface area (TPSA) is 38.6 Å². The Morgan fingerprint density at radius 2 is 2.23 bits per heavy atom. The van der Waals surface area contributed by atoms with Crippen LogP contribution in [0.2, 0.25) is 5.02 Å². The Bertz CT molecular complexity index is 739. The zero-order valence-electron chi connectivity index (χ0n) is 11.9. The van der Waals surface area contributed by atoms with Crippen LogP contribution in [0.25, 0.3) is 4.96 Å². The van der Waals surface area contributed by atoms with E-state index in [-0.39, 0.29) is 6.10 Å². The number of benzene rings is 1. The highest BCUT2D eigenvalue weighted by Crippen LogP contribution is 2.30. The van der Waals surface area contributed by atoms with E-state index in [4.69, 9.17) is 16.3 Å². The maximum atomic E-state index is 5.96. The highest BCUT2D eigenvalue weighted by molar-refractivity contribution is 7.15. The number of aromatic nitrogens is 2. The Kier molecular flexibility index (Phi) is 3.88. The molecule has 114 valence electrons. The lowest BCUT2D eigenvalue weighted by Gasteiger charge is -2.20. The fourth-order valence-electron chi connectivity index (χ4n) is 2.88. The summed E-state index contributed by atoms with van der Waals surface area (Å²) in [6.45, 7) is 1.54. The third-order valence-electron chi connectivity index (χ3n) is 3.98. The van der Waals surface area contributed by atoms with Crippen LogP contribution in [-0.4, -0.2) is 22.0 Å². The molecule has 22 heavy (non-hydrogen) atoms. The van der Waals surface area contributed by atoms with Gasteiger partial charge < -0.3 is 10.1 Å². The summed E-state index contributed by atoms with van der Waals surface area (Å²) in [6.07, 6.45) is 5.20. The zero-order chi connectivity index (χ0) is 14.9. The van der Waals surface area contributed by atoms with Crippen molar-refractivity contribution >= 4 is 27.9 Å². The van der Waals surface area contributed by atoms with Crippen LogP contribution >= 0.6 is 22.9 Å². The van der Waals surface area contributed by atoms with E-state index in [9.17, 15) is 0 Å². The monoisotopic (exact) mass is 333 g/mol. The van der Waals surface area contributed by atoms with Gasteiger partial charge in [0.1, 0.15) is 0 Å². The highest BCUT2D eigenvalue weighted by Gasteiger charge is 2.29. The molecular weight excluding hydrogens is 318 g/mol. The van der Waals surface area contributed by atoms with Crippen molar-refractivity contribution in [2.75, 3.05) is 6.61 Å². The smallest absolute Gasteiger partial charge is 0.193 e. The van der Waals surface area contributed by atoms with E-state index in [1.807, 2.05) is 35.8 Å². The van der Waals surface area contributed by atoms with Gasteiger partial charge in [-0.3, -0.25) is 4.40 Å². The van der Waals surface area contributed by atoms with Gasteiger partial charge in [0.15, 0.2) is 4.96 Å². The van der Waals surface area contributed by atoms with Crippen LogP contribution in [-0.2, 0) is 11.3 Å². The standard InChI is InChI=1S/C16H16ClN3OS/c17-12-3-1-11(2-4-12)15-14(5-7-21-15)18-9-13-10-20-6-8-22-16(20)19-13/h1-4,6,8,10,14-15,18H,5,7,9H2/t14-,15-/m1/s1. The van der Waals surface area contributed by atoms with Gasteiger partial charge in [-0.2, -0.15) is 0 Å². The molecule has 1 saturated heterocycles. The number of imidazole rings is 1. The molecule has 1 aliphatic rings. The number of rotatable bonds is 4. The van der Waals surface area contributed by atoms with Crippen LogP contribution in [0.5, 0.6) is 0 Å². The molecule has 2 atom stereocenters. The average molecular weight is 334 g/mol. The van der Waals surface area contributed by atoms with Crippen LogP contribution in [0.3, 0.4) is 0 Å². The van der Waals surface area contributed by atoms with Crippen molar-refractivity contribution in [3.63, 3.8) is 0 Å². The SMILES string of the molecule is Clc1ccc([C@H]2OCC[C@H]2NCc2cn3ccsc3n2)cc1. The maximum Gasteiger partial charge on any atom is 0.193 e. The first kappa shape index (κ1) is 14.2. The molecule has 0 unspecified atom stereocenters. The highest BCUT2D eigenvalue weighted by atomic mass is 35.5. The lowest BCUT2D eigenvalue weighted by molar-refractivity contribution is 0.0984. The largest absolute Gasteiger partial charge is 0.372 e. The molecule has 0 saturated carbocycles. The van der Waals surface area contributed by atoms with E-state index in [0.29, 0.717) is 6.04 Å². The van der Waals surface area contributed by atoms with Crippen molar-refractivity contribution in [1.82, 2.24) is 14.7 Å². The molecule has 6 heteroatoms. The van der Waals surface area contributed by atoms with Gasteiger partial charge in [0.2, 0.25) is 0 Å². The molecule has 0 amide bonds. The Balaban J connectivity index is 1.44. The molecule has 1 aromatic carbocycles. The second-order valence-corrected chi connectivity index (χ2v) is 6.75. The van der Waals surface area contributed by atoms with Gasteiger partial charge >= 0.3 is 0 Å². The van der Waals surface area contributed by atoms with Crippen LogP contribution in [0.15, 0.2) is 42.0 Å². The molecule has 0 bridgehead atoms. The molecule has 4 rings (SSSR count). The Morgan fingerprint density at radius 1 is 1.36 bits per heavy atom. The predicted molar refractivity (Wildman–Crippen MR) is 88.5 cm³/mol. The minimum absolute atomic E-state index is 0.0843. The van der Waals surface area contributed by atoms with E-state index >= 15 is 0 Å². The quantitative estimate of drug-likeness (QED) is 0.791. The van der Waals surface area contributed by atoms with E-state index in [1.54, 1.807) is 11.3 Å². The first-order chi connectivity index (χ1) is 10.8. The first-order valence-electron chi connectivity index (χ1n) is 7.31. The number of fused-ring (bicyclic) bond motifs is 1. The predicted octanol–water partition coefficient (Wildman–Crippen LogP) is 3.67. The van der Waals surface area contributed by atoms with Gasteiger partial charge in [0.25, 0.3) is 0 Å². The van der Waals surface area contributed by atoms with E-state index < -0.39 is 0 Å². The molecule has 0 radical (unpaired) electrons. The van der Waals surface area contributed by atoms with Crippen LogP contribution in [0.4, 0.5) is 0 Å². The van der Waals surface area contributed by atoms with Gasteiger partial charge in [-0.1, -0.05) is 23.7 Å². The second kappa shape index (κ2) is 6.01. The van der Waals surface area contributed by atoms with Gasteiger partial charge in [0, 0.05) is 42.0 Å². The lowest BCUT2D eigenvalue weighted by Crippen LogP contribution is -2.31. The minimum atomic E-state index is 0.0843.